The molecule has 1 atom stereocenters. The number of nitrogens with one attached hydrogen (secondary N) is 1. The molecule has 0 spiro atoms. The Morgan fingerprint density at radius 3 is 2.53 bits per heavy atom. The van der Waals surface area contributed by atoms with Crippen molar-refractivity contribution in [3.05, 3.63) is 72.3 Å². The molecule has 7 nitrogen and oxygen atoms in total. The highest BCUT2D eigenvalue weighted by Crippen LogP contribution is 2.31. The van der Waals surface area contributed by atoms with Gasteiger partial charge >= 0.3 is 0 Å². The van der Waals surface area contributed by atoms with Gasteiger partial charge in [-0.3, -0.25) is 9.36 Å². The number of anilines is 2. The van der Waals surface area contributed by atoms with E-state index in [4.69, 9.17) is 4.74 Å². The lowest BCUT2D eigenvalue weighted by molar-refractivity contribution is -0.115. The minimum absolute atomic E-state index is 0.0762. The summed E-state index contributed by atoms with van der Waals surface area (Å²) in [4.78, 5) is 15.3. The summed E-state index contributed by atoms with van der Waals surface area (Å²) in [6.45, 7) is 6.79. The van der Waals surface area contributed by atoms with Crippen molar-refractivity contribution in [1.29, 1.82) is 0 Å². The summed E-state index contributed by atoms with van der Waals surface area (Å²) in [5.74, 6) is 0.698. The fraction of sp³-hybridized carbons (Fsp3) is 0.269. The molecule has 1 saturated heterocycles. The number of hydrogen-bond acceptors (Lipinski definition) is 6. The minimum atomic E-state index is -0.370. The largest absolute Gasteiger partial charge is 0.378 e. The normalized spacial score (nSPS) is 14.8. The van der Waals surface area contributed by atoms with Crippen LogP contribution in [0.3, 0.4) is 0 Å². The number of thioether (sulfide) groups is 1. The summed E-state index contributed by atoms with van der Waals surface area (Å²) < 4.78 is 7.55. The van der Waals surface area contributed by atoms with E-state index >= 15 is 0 Å². The molecule has 1 fully saturated rings. The van der Waals surface area contributed by atoms with Gasteiger partial charge in [0.05, 0.1) is 24.2 Å². The predicted octanol–water partition coefficient (Wildman–Crippen LogP) is 4.68. The van der Waals surface area contributed by atoms with Crippen LogP contribution in [-0.4, -0.2) is 52.2 Å². The zero-order valence-electron chi connectivity index (χ0n) is 19.3. The summed E-state index contributed by atoms with van der Waals surface area (Å²) in [7, 11) is 0. The van der Waals surface area contributed by atoms with Crippen molar-refractivity contribution in [2.45, 2.75) is 24.3 Å². The lowest BCUT2D eigenvalue weighted by Gasteiger charge is -2.28. The van der Waals surface area contributed by atoms with E-state index in [0.717, 1.165) is 41.2 Å². The predicted molar refractivity (Wildman–Crippen MR) is 137 cm³/mol. The van der Waals surface area contributed by atoms with Crippen molar-refractivity contribution in [1.82, 2.24) is 14.8 Å². The van der Waals surface area contributed by atoms with Gasteiger partial charge in [0, 0.05) is 24.2 Å². The summed E-state index contributed by atoms with van der Waals surface area (Å²) in [5, 5.41) is 14.5. The van der Waals surface area contributed by atoms with Crippen LogP contribution in [0.1, 0.15) is 12.5 Å². The number of aryl methyl sites for hydroxylation is 1. The Hall–Kier alpha value is -3.36. The van der Waals surface area contributed by atoms with E-state index in [1.807, 2.05) is 54.0 Å². The van der Waals surface area contributed by atoms with Crippen molar-refractivity contribution in [2.75, 3.05) is 36.5 Å². The van der Waals surface area contributed by atoms with Crippen LogP contribution in [0, 0.1) is 6.92 Å². The highest BCUT2D eigenvalue weighted by atomic mass is 32.2. The number of hydrogen-bond donors (Lipinski definition) is 1. The van der Waals surface area contributed by atoms with Gasteiger partial charge in [0.25, 0.3) is 0 Å². The van der Waals surface area contributed by atoms with Gasteiger partial charge < -0.3 is 15.0 Å². The third kappa shape index (κ3) is 4.64. The molecule has 1 aromatic heterocycles. The number of amides is 1. The molecule has 34 heavy (non-hydrogen) atoms. The number of benzene rings is 3. The van der Waals surface area contributed by atoms with Crippen LogP contribution in [0.4, 0.5) is 11.6 Å². The van der Waals surface area contributed by atoms with Gasteiger partial charge in [-0.05, 0) is 37.4 Å². The summed E-state index contributed by atoms with van der Waals surface area (Å²) >= 11 is 1.41. The molecule has 1 N–H and O–H groups in total. The molecule has 1 unspecified atom stereocenters. The van der Waals surface area contributed by atoms with E-state index in [0.29, 0.717) is 18.4 Å². The molecule has 0 saturated carbocycles. The molecule has 0 aliphatic carbocycles. The average molecular weight is 474 g/mol. The Balaban J connectivity index is 1.41. The summed E-state index contributed by atoms with van der Waals surface area (Å²) in [6, 6.07) is 22.2. The molecule has 1 aliphatic rings. The maximum Gasteiger partial charge on any atom is 0.237 e. The van der Waals surface area contributed by atoms with Crippen molar-refractivity contribution < 1.29 is 9.53 Å². The molecular weight excluding hydrogens is 446 g/mol. The average Bonchev–Trinajstić information content (AvgIpc) is 3.28. The molecular formula is C26H27N5O2S. The molecule has 4 aromatic rings. The van der Waals surface area contributed by atoms with Crippen molar-refractivity contribution in [2.24, 2.45) is 0 Å². The van der Waals surface area contributed by atoms with Crippen LogP contribution in [0.25, 0.3) is 16.5 Å². The Bertz CT molecular complexity index is 1290. The zero-order valence-corrected chi connectivity index (χ0v) is 20.1. The summed E-state index contributed by atoms with van der Waals surface area (Å²) in [6.07, 6.45) is 0. The van der Waals surface area contributed by atoms with Crippen molar-refractivity contribution >= 4 is 40.1 Å². The maximum absolute atomic E-state index is 13.1. The van der Waals surface area contributed by atoms with Gasteiger partial charge in [-0.1, -0.05) is 65.9 Å². The van der Waals surface area contributed by atoms with Gasteiger partial charge in [-0.15, -0.1) is 10.2 Å². The number of carbonyl (C=O) groups excluding carboxylic acids is 1. The Kier molecular flexibility index (Phi) is 6.51. The first-order valence-electron chi connectivity index (χ1n) is 11.4. The number of morpholine rings is 1. The van der Waals surface area contributed by atoms with Crippen LogP contribution in [0.2, 0.25) is 0 Å². The monoisotopic (exact) mass is 473 g/mol. The first-order valence-corrected chi connectivity index (χ1v) is 12.3. The number of carbonyl (C=O) groups is 1. The van der Waals surface area contributed by atoms with E-state index in [1.165, 1.54) is 17.3 Å². The first-order chi connectivity index (χ1) is 16.6. The lowest BCUT2D eigenvalue weighted by Crippen LogP contribution is -2.38. The van der Waals surface area contributed by atoms with Crippen LogP contribution in [0.5, 0.6) is 0 Å². The number of fused-ring (bicyclic) bond motifs is 1. The fourth-order valence-corrected chi connectivity index (χ4v) is 4.87. The van der Waals surface area contributed by atoms with Crippen LogP contribution >= 0.6 is 11.8 Å². The van der Waals surface area contributed by atoms with Gasteiger partial charge in [0.1, 0.15) is 0 Å². The van der Waals surface area contributed by atoms with E-state index in [-0.39, 0.29) is 11.2 Å². The highest BCUT2D eigenvalue weighted by molar-refractivity contribution is 8.00. The Morgan fingerprint density at radius 1 is 1.00 bits per heavy atom. The lowest BCUT2D eigenvalue weighted by atomic mass is 10.1. The molecule has 0 bridgehead atoms. The molecule has 174 valence electrons. The molecule has 3 aromatic carbocycles. The van der Waals surface area contributed by atoms with Crippen molar-refractivity contribution in [3.8, 4) is 5.69 Å². The second kappa shape index (κ2) is 9.87. The Labute approximate surface area is 203 Å². The fourth-order valence-electron chi connectivity index (χ4n) is 4.01. The molecule has 1 amide bonds. The topological polar surface area (TPSA) is 72.3 Å². The van der Waals surface area contributed by atoms with Gasteiger partial charge in [-0.25, -0.2) is 0 Å². The number of aromatic nitrogens is 3. The highest BCUT2D eigenvalue weighted by Gasteiger charge is 2.25. The van der Waals surface area contributed by atoms with E-state index in [2.05, 4.69) is 51.6 Å². The summed E-state index contributed by atoms with van der Waals surface area (Å²) in [5.41, 5.74) is 2.97. The second-order valence-corrected chi connectivity index (χ2v) is 9.64. The first kappa shape index (κ1) is 22.4. The molecule has 8 heteroatoms. The quantitative estimate of drug-likeness (QED) is 0.410. The third-order valence-electron chi connectivity index (χ3n) is 5.90. The van der Waals surface area contributed by atoms with Gasteiger partial charge in [0.2, 0.25) is 11.9 Å². The van der Waals surface area contributed by atoms with E-state index in [9.17, 15) is 4.79 Å². The molecule has 0 radical (unpaired) electrons. The standard InChI is InChI=1S/C26H27N5O2S/c1-18-10-12-21(13-11-18)31-25(30-14-16-33-17-15-30)28-29-26(31)34-19(2)24(32)27-23-9-5-7-20-6-3-4-8-22(20)23/h3-13,19H,14-17H2,1-2H3,(H,27,32). The Morgan fingerprint density at radius 2 is 1.74 bits per heavy atom. The zero-order chi connectivity index (χ0) is 23.5. The second-order valence-electron chi connectivity index (χ2n) is 8.33. The number of rotatable bonds is 6. The molecule has 1 aliphatic heterocycles. The maximum atomic E-state index is 13.1. The minimum Gasteiger partial charge on any atom is -0.378 e. The molecule has 5 rings (SSSR count). The molecule has 2 heterocycles. The van der Waals surface area contributed by atoms with Gasteiger partial charge in [-0.2, -0.15) is 0 Å². The van der Waals surface area contributed by atoms with Gasteiger partial charge in [0.15, 0.2) is 5.16 Å². The third-order valence-corrected chi connectivity index (χ3v) is 6.94. The van der Waals surface area contributed by atoms with Crippen LogP contribution < -0.4 is 10.2 Å². The number of ether oxygens (including phenoxy) is 1. The van der Waals surface area contributed by atoms with Crippen LogP contribution in [0.15, 0.2) is 71.9 Å². The van der Waals surface area contributed by atoms with E-state index in [1.54, 1.807) is 0 Å². The SMILES string of the molecule is Cc1ccc(-n2c(SC(C)C(=O)Nc3cccc4ccccc34)nnc2N2CCOCC2)cc1. The number of nitrogens with zero attached hydrogens (tertiary/aromatic N) is 4. The smallest absolute Gasteiger partial charge is 0.237 e. The van der Waals surface area contributed by atoms with Crippen molar-refractivity contribution in [3.63, 3.8) is 0 Å². The van der Waals surface area contributed by atoms with E-state index < -0.39 is 0 Å². The van der Waals surface area contributed by atoms with Crippen LogP contribution in [-0.2, 0) is 9.53 Å².